The van der Waals surface area contributed by atoms with Gasteiger partial charge in [-0.25, -0.2) is 4.39 Å². The van der Waals surface area contributed by atoms with Crippen LogP contribution in [0.1, 0.15) is 29.8 Å². The Labute approximate surface area is 136 Å². The maximum absolute atomic E-state index is 13.5. The van der Waals surface area contributed by atoms with Crippen molar-refractivity contribution in [2.75, 3.05) is 13.2 Å². The number of hydrogen-bond donors (Lipinski definition) is 1. The van der Waals surface area contributed by atoms with E-state index in [0.717, 1.165) is 0 Å². The summed E-state index contributed by atoms with van der Waals surface area (Å²) < 4.78 is 19.1. The summed E-state index contributed by atoms with van der Waals surface area (Å²) in [6, 6.07) is 13.7. The average Bonchev–Trinajstić information content (AvgIpc) is 2.55. The first kappa shape index (κ1) is 17.0. The topological polar surface area (TPSA) is 38.3 Å². The molecule has 2 aromatic carbocycles. The van der Waals surface area contributed by atoms with Gasteiger partial charge in [-0.15, -0.1) is 0 Å². The van der Waals surface area contributed by atoms with Gasteiger partial charge in [0.05, 0.1) is 6.61 Å². The first-order valence-electron chi connectivity index (χ1n) is 7.80. The van der Waals surface area contributed by atoms with Crippen LogP contribution in [0.25, 0.3) is 0 Å². The van der Waals surface area contributed by atoms with Crippen molar-refractivity contribution >= 4 is 5.91 Å². The Bertz CT molecular complexity index is 655. The fourth-order valence-electron chi connectivity index (χ4n) is 2.10. The van der Waals surface area contributed by atoms with E-state index in [2.05, 4.69) is 19.2 Å². The summed E-state index contributed by atoms with van der Waals surface area (Å²) in [6.45, 7) is 5.13. The monoisotopic (exact) mass is 315 g/mol. The van der Waals surface area contributed by atoms with Crippen LogP contribution in [0.3, 0.4) is 0 Å². The number of ether oxygens (including phenoxy) is 1. The molecule has 0 heterocycles. The van der Waals surface area contributed by atoms with Gasteiger partial charge in [-0.3, -0.25) is 4.79 Å². The van der Waals surface area contributed by atoms with Gasteiger partial charge in [-0.2, -0.15) is 0 Å². The summed E-state index contributed by atoms with van der Waals surface area (Å²) >= 11 is 0. The van der Waals surface area contributed by atoms with Crippen molar-refractivity contribution in [1.82, 2.24) is 5.32 Å². The lowest BCUT2D eigenvalue weighted by atomic mass is 10.1. The molecular weight excluding hydrogens is 293 g/mol. The SMILES string of the molecule is CC(C)COc1cccc(C(=O)NCCc2ccccc2F)c1. The number of halogens is 1. The number of benzene rings is 2. The van der Waals surface area contributed by atoms with E-state index in [9.17, 15) is 9.18 Å². The van der Waals surface area contributed by atoms with Crippen molar-refractivity contribution in [3.8, 4) is 5.75 Å². The van der Waals surface area contributed by atoms with Crippen molar-refractivity contribution in [2.24, 2.45) is 5.92 Å². The highest BCUT2D eigenvalue weighted by Crippen LogP contribution is 2.14. The smallest absolute Gasteiger partial charge is 0.251 e. The highest BCUT2D eigenvalue weighted by Gasteiger charge is 2.07. The minimum absolute atomic E-state index is 0.184. The third-order valence-electron chi connectivity index (χ3n) is 3.32. The molecule has 0 radical (unpaired) electrons. The summed E-state index contributed by atoms with van der Waals surface area (Å²) in [5.74, 6) is 0.677. The molecule has 2 aromatic rings. The molecule has 0 saturated carbocycles. The Kier molecular flexibility index (Phi) is 6.15. The molecule has 0 spiro atoms. The molecule has 4 heteroatoms. The molecule has 0 aliphatic carbocycles. The van der Waals surface area contributed by atoms with Crippen LogP contribution in [0.5, 0.6) is 5.75 Å². The number of carbonyl (C=O) groups excluding carboxylic acids is 1. The third kappa shape index (κ3) is 5.40. The Morgan fingerprint density at radius 2 is 1.96 bits per heavy atom. The van der Waals surface area contributed by atoms with Crippen molar-refractivity contribution in [3.05, 3.63) is 65.5 Å². The minimum atomic E-state index is -0.245. The summed E-state index contributed by atoms with van der Waals surface area (Å²) in [5, 5.41) is 2.81. The van der Waals surface area contributed by atoms with Gasteiger partial charge >= 0.3 is 0 Å². The van der Waals surface area contributed by atoms with Crippen LogP contribution in [0.15, 0.2) is 48.5 Å². The first-order valence-corrected chi connectivity index (χ1v) is 7.80. The van der Waals surface area contributed by atoms with Crippen LogP contribution in [0, 0.1) is 11.7 Å². The second-order valence-electron chi connectivity index (χ2n) is 5.83. The van der Waals surface area contributed by atoms with Gasteiger partial charge in [0.25, 0.3) is 5.91 Å². The van der Waals surface area contributed by atoms with Gasteiger partial charge in [-0.05, 0) is 42.2 Å². The van der Waals surface area contributed by atoms with E-state index in [0.29, 0.717) is 42.4 Å². The molecule has 122 valence electrons. The van der Waals surface area contributed by atoms with Gasteiger partial charge in [0.15, 0.2) is 0 Å². The summed E-state index contributed by atoms with van der Waals surface area (Å²) in [4.78, 5) is 12.1. The normalized spacial score (nSPS) is 10.6. The zero-order chi connectivity index (χ0) is 16.7. The lowest BCUT2D eigenvalue weighted by molar-refractivity contribution is 0.0953. The van der Waals surface area contributed by atoms with E-state index in [-0.39, 0.29) is 11.7 Å². The second kappa shape index (κ2) is 8.32. The third-order valence-corrected chi connectivity index (χ3v) is 3.32. The van der Waals surface area contributed by atoms with Crippen LogP contribution >= 0.6 is 0 Å². The molecule has 0 aliphatic heterocycles. The van der Waals surface area contributed by atoms with Gasteiger partial charge in [0, 0.05) is 12.1 Å². The van der Waals surface area contributed by atoms with E-state index in [1.54, 1.807) is 36.4 Å². The quantitative estimate of drug-likeness (QED) is 0.843. The molecule has 0 saturated heterocycles. The van der Waals surface area contributed by atoms with Gasteiger partial charge in [0.1, 0.15) is 11.6 Å². The molecule has 1 N–H and O–H groups in total. The lowest BCUT2D eigenvalue weighted by Gasteiger charge is -2.10. The Balaban J connectivity index is 1.88. The molecular formula is C19H22FNO2. The van der Waals surface area contributed by atoms with Crippen LogP contribution in [0.2, 0.25) is 0 Å². The zero-order valence-electron chi connectivity index (χ0n) is 13.5. The Morgan fingerprint density at radius 3 is 2.70 bits per heavy atom. The standard InChI is InChI=1S/C19H22FNO2/c1-14(2)13-23-17-8-5-7-16(12-17)19(22)21-11-10-15-6-3-4-9-18(15)20/h3-9,12,14H,10-11,13H2,1-2H3,(H,21,22). The largest absolute Gasteiger partial charge is 0.493 e. The van der Waals surface area contributed by atoms with Crippen molar-refractivity contribution in [3.63, 3.8) is 0 Å². The molecule has 0 unspecified atom stereocenters. The minimum Gasteiger partial charge on any atom is -0.493 e. The van der Waals surface area contributed by atoms with E-state index in [4.69, 9.17) is 4.74 Å². The van der Waals surface area contributed by atoms with E-state index >= 15 is 0 Å². The number of nitrogens with one attached hydrogen (secondary N) is 1. The van der Waals surface area contributed by atoms with Crippen LogP contribution < -0.4 is 10.1 Å². The molecule has 2 rings (SSSR count). The average molecular weight is 315 g/mol. The summed E-state index contributed by atoms with van der Waals surface area (Å²) in [6.07, 6.45) is 0.460. The highest BCUT2D eigenvalue weighted by molar-refractivity contribution is 5.94. The number of hydrogen-bond acceptors (Lipinski definition) is 2. The number of rotatable bonds is 7. The van der Waals surface area contributed by atoms with Crippen molar-refractivity contribution in [2.45, 2.75) is 20.3 Å². The van der Waals surface area contributed by atoms with E-state index < -0.39 is 0 Å². The lowest BCUT2D eigenvalue weighted by Crippen LogP contribution is -2.25. The maximum atomic E-state index is 13.5. The summed E-state index contributed by atoms with van der Waals surface area (Å²) in [5.41, 5.74) is 1.14. The molecule has 0 aliphatic rings. The molecule has 0 aromatic heterocycles. The van der Waals surface area contributed by atoms with Gasteiger partial charge < -0.3 is 10.1 Å². The van der Waals surface area contributed by atoms with E-state index in [1.165, 1.54) is 6.07 Å². The van der Waals surface area contributed by atoms with Crippen molar-refractivity contribution in [1.29, 1.82) is 0 Å². The molecule has 3 nitrogen and oxygen atoms in total. The zero-order valence-corrected chi connectivity index (χ0v) is 13.5. The molecule has 0 bridgehead atoms. The predicted molar refractivity (Wildman–Crippen MR) is 89.2 cm³/mol. The number of amides is 1. The van der Waals surface area contributed by atoms with E-state index in [1.807, 2.05) is 6.07 Å². The van der Waals surface area contributed by atoms with Crippen molar-refractivity contribution < 1.29 is 13.9 Å². The second-order valence-corrected chi connectivity index (χ2v) is 5.83. The molecule has 0 atom stereocenters. The number of carbonyl (C=O) groups is 1. The molecule has 0 fully saturated rings. The summed E-state index contributed by atoms with van der Waals surface area (Å²) in [7, 11) is 0. The van der Waals surface area contributed by atoms with Crippen LogP contribution in [0.4, 0.5) is 4.39 Å². The Hall–Kier alpha value is -2.36. The highest BCUT2D eigenvalue weighted by atomic mass is 19.1. The maximum Gasteiger partial charge on any atom is 0.251 e. The van der Waals surface area contributed by atoms with Gasteiger partial charge in [-0.1, -0.05) is 38.1 Å². The van der Waals surface area contributed by atoms with Crippen LogP contribution in [-0.4, -0.2) is 19.1 Å². The van der Waals surface area contributed by atoms with Crippen LogP contribution in [-0.2, 0) is 6.42 Å². The Morgan fingerprint density at radius 1 is 1.17 bits per heavy atom. The first-order chi connectivity index (χ1) is 11.1. The fraction of sp³-hybridized carbons (Fsp3) is 0.316. The molecule has 1 amide bonds. The predicted octanol–water partition coefficient (Wildman–Crippen LogP) is 3.83. The van der Waals surface area contributed by atoms with Gasteiger partial charge in [0.2, 0.25) is 0 Å². The molecule has 23 heavy (non-hydrogen) atoms. The fourth-order valence-corrected chi connectivity index (χ4v) is 2.10.